The van der Waals surface area contributed by atoms with Crippen molar-refractivity contribution in [3.05, 3.63) is 65.5 Å². The van der Waals surface area contributed by atoms with Crippen molar-refractivity contribution in [1.29, 1.82) is 0 Å². The number of amides is 2. The Morgan fingerprint density at radius 1 is 1.08 bits per heavy atom. The zero-order valence-electron chi connectivity index (χ0n) is 14.0. The number of nitrogens with one attached hydrogen (secondary N) is 2. The van der Waals surface area contributed by atoms with Crippen molar-refractivity contribution in [2.24, 2.45) is 0 Å². The second kappa shape index (κ2) is 8.91. The van der Waals surface area contributed by atoms with E-state index in [0.29, 0.717) is 24.6 Å². The number of ether oxygens (including phenoxy) is 1. The van der Waals surface area contributed by atoms with Gasteiger partial charge in [0.25, 0.3) is 0 Å². The summed E-state index contributed by atoms with van der Waals surface area (Å²) in [6.07, 6.45) is 0. The van der Waals surface area contributed by atoms with Gasteiger partial charge in [0.1, 0.15) is 18.2 Å². The van der Waals surface area contributed by atoms with Crippen LogP contribution in [0.5, 0.6) is 5.75 Å². The number of hydrogen-bond donors (Lipinski definition) is 2. The average Bonchev–Trinajstić information content (AvgIpc) is 2.58. The summed E-state index contributed by atoms with van der Waals surface area (Å²) in [5.74, 6) is 0.880. The number of rotatable bonds is 7. The maximum atomic E-state index is 13.4. The fourth-order valence-electron chi connectivity index (χ4n) is 2.29. The molecule has 0 aliphatic heterocycles. The maximum Gasteiger partial charge on any atom is 0.315 e. The first-order valence-corrected chi connectivity index (χ1v) is 8.04. The first-order valence-electron chi connectivity index (χ1n) is 8.04. The summed E-state index contributed by atoms with van der Waals surface area (Å²) in [5.41, 5.74) is 1.59. The molecule has 2 aromatic carbocycles. The van der Waals surface area contributed by atoms with Gasteiger partial charge >= 0.3 is 6.03 Å². The van der Waals surface area contributed by atoms with Gasteiger partial charge in [-0.25, -0.2) is 9.18 Å². The average molecular weight is 330 g/mol. The highest BCUT2D eigenvalue weighted by molar-refractivity contribution is 5.73. The summed E-state index contributed by atoms with van der Waals surface area (Å²) in [5, 5.41) is 5.32. The Morgan fingerprint density at radius 2 is 1.79 bits per heavy atom. The lowest BCUT2D eigenvalue weighted by molar-refractivity contribution is 0.236. The molecule has 2 amide bonds. The molecule has 0 aliphatic rings. The number of carbonyl (C=O) groups is 1. The van der Waals surface area contributed by atoms with Crippen LogP contribution in [0.15, 0.2) is 48.5 Å². The Morgan fingerprint density at radius 3 is 2.54 bits per heavy atom. The molecule has 0 spiro atoms. The smallest absolute Gasteiger partial charge is 0.315 e. The van der Waals surface area contributed by atoms with Crippen LogP contribution >= 0.6 is 0 Å². The zero-order valence-corrected chi connectivity index (χ0v) is 14.0. The van der Waals surface area contributed by atoms with Crippen LogP contribution in [0, 0.1) is 5.82 Å². The molecular formula is C19H23FN2O2. The molecular weight excluding hydrogens is 307 g/mol. The number of para-hydroxylation sites is 1. The normalized spacial score (nSPS) is 10.5. The van der Waals surface area contributed by atoms with Crippen molar-refractivity contribution in [2.45, 2.75) is 26.3 Å². The largest absolute Gasteiger partial charge is 0.491 e. The highest BCUT2D eigenvalue weighted by Crippen LogP contribution is 2.25. The molecule has 0 saturated carbocycles. The van der Waals surface area contributed by atoms with Crippen LogP contribution in [0.1, 0.15) is 30.9 Å². The van der Waals surface area contributed by atoms with Gasteiger partial charge < -0.3 is 15.4 Å². The van der Waals surface area contributed by atoms with Gasteiger partial charge in [-0.15, -0.1) is 0 Å². The van der Waals surface area contributed by atoms with Crippen molar-refractivity contribution >= 4 is 6.03 Å². The Labute approximate surface area is 142 Å². The van der Waals surface area contributed by atoms with Crippen LogP contribution in [0.4, 0.5) is 9.18 Å². The molecule has 0 radical (unpaired) electrons. The number of benzene rings is 2. The van der Waals surface area contributed by atoms with Crippen LogP contribution in [0.25, 0.3) is 0 Å². The van der Waals surface area contributed by atoms with E-state index < -0.39 is 0 Å². The maximum absolute atomic E-state index is 13.4. The van der Waals surface area contributed by atoms with Gasteiger partial charge in [0, 0.05) is 12.1 Å². The fourth-order valence-corrected chi connectivity index (χ4v) is 2.29. The van der Waals surface area contributed by atoms with E-state index >= 15 is 0 Å². The van der Waals surface area contributed by atoms with E-state index in [2.05, 4.69) is 24.5 Å². The molecule has 2 rings (SSSR count). The van der Waals surface area contributed by atoms with Gasteiger partial charge in [-0.2, -0.15) is 0 Å². The summed E-state index contributed by atoms with van der Waals surface area (Å²) in [6.45, 7) is 5.11. The lowest BCUT2D eigenvalue weighted by Gasteiger charge is -2.14. The minimum atomic E-state index is -0.348. The second-order valence-electron chi connectivity index (χ2n) is 5.74. The van der Waals surface area contributed by atoms with Gasteiger partial charge in [-0.3, -0.25) is 0 Å². The molecule has 128 valence electrons. The molecule has 0 bridgehead atoms. The van der Waals surface area contributed by atoms with E-state index in [-0.39, 0.29) is 18.4 Å². The molecule has 4 nitrogen and oxygen atoms in total. The monoisotopic (exact) mass is 330 g/mol. The Balaban J connectivity index is 1.71. The minimum Gasteiger partial charge on any atom is -0.491 e. The molecule has 0 atom stereocenters. The standard InChI is InChI=1S/C19H23FN2O2/c1-14(2)16-8-4-6-10-18(16)24-12-11-21-19(23)22-13-15-7-3-5-9-17(15)20/h3-10,14H,11-13H2,1-2H3,(H2,21,22,23). The van der Waals surface area contributed by atoms with Crippen molar-refractivity contribution < 1.29 is 13.9 Å². The lowest BCUT2D eigenvalue weighted by Crippen LogP contribution is -2.37. The van der Waals surface area contributed by atoms with Gasteiger partial charge in [0.2, 0.25) is 0 Å². The van der Waals surface area contributed by atoms with Crippen molar-refractivity contribution in [2.75, 3.05) is 13.2 Å². The Hall–Kier alpha value is -2.56. The van der Waals surface area contributed by atoms with E-state index in [1.807, 2.05) is 24.3 Å². The number of halogens is 1. The van der Waals surface area contributed by atoms with Crippen LogP contribution in [-0.2, 0) is 6.54 Å². The number of carbonyl (C=O) groups excluding carboxylic acids is 1. The summed E-state index contributed by atoms with van der Waals surface area (Å²) < 4.78 is 19.2. The third-order valence-electron chi connectivity index (χ3n) is 3.58. The van der Waals surface area contributed by atoms with Gasteiger partial charge in [0.05, 0.1) is 6.54 Å². The molecule has 0 saturated heterocycles. The van der Waals surface area contributed by atoms with Crippen LogP contribution in [-0.4, -0.2) is 19.2 Å². The van der Waals surface area contributed by atoms with Crippen LogP contribution < -0.4 is 15.4 Å². The number of hydrogen-bond acceptors (Lipinski definition) is 2. The van der Waals surface area contributed by atoms with Gasteiger partial charge in [-0.05, 0) is 23.6 Å². The van der Waals surface area contributed by atoms with Crippen molar-refractivity contribution in [3.63, 3.8) is 0 Å². The molecule has 24 heavy (non-hydrogen) atoms. The third kappa shape index (κ3) is 5.26. The quantitative estimate of drug-likeness (QED) is 0.758. The van der Waals surface area contributed by atoms with Gasteiger partial charge in [0.15, 0.2) is 0 Å². The minimum absolute atomic E-state index is 0.148. The van der Waals surface area contributed by atoms with Crippen LogP contribution in [0.2, 0.25) is 0 Å². The highest BCUT2D eigenvalue weighted by Gasteiger charge is 2.07. The predicted octanol–water partition coefficient (Wildman–Crippen LogP) is 3.83. The van der Waals surface area contributed by atoms with Crippen LogP contribution in [0.3, 0.4) is 0 Å². The first kappa shape index (κ1) is 17.8. The number of urea groups is 1. The van der Waals surface area contributed by atoms with E-state index in [0.717, 1.165) is 11.3 Å². The van der Waals surface area contributed by atoms with Crippen molar-refractivity contribution in [3.8, 4) is 5.75 Å². The molecule has 0 unspecified atom stereocenters. The SMILES string of the molecule is CC(C)c1ccccc1OCCNC(=O)NCc1ccccc1F. The summed E-state index contributed by atoms with van der Waals surface area (Å²) in [4.78, 5) is 11.7. The lowest BCUT2D eigenvalue weighted by atomic mass is 10.0. The summed E-state index contributed by atoms with van der Waals surface area (Å²) in [7, 11) is 0. The molecule has 0 heterocycles. The van der Waals surface area contributed by atoms with E-state index in [1.165, 1.54) is 6.07 Å². The summed E-state index contributed by atoms with van der Waals surface area (Å²) >= 11 is 0. The molecule has 2 N–H and O–H groups in total. The molecule has 0 aliphatic carbocycles. The van der Waals surface area contributed by atoms with E-state index in [1.54, 1.807) is 18.2 Å². The second-order valence-corrected chi connectivity index (χ2v) is 5.74. The predicted molar refractivity (Wildman–Crippen MR) is 92.7 cm³/mol. The van der Waals surface area contributed by atoms with Gasteiger partial charge in [-0.1, -0.05) is 50.2 Å². The van der Waals surface area contributed by atoms with E-state index in [4.69, 9.17) is 4.74 Å². The molecule has 2 aromatic rings. The Kier molecular flexibility index (Phi) is 6.61. The zero-order chi connectivity index (χ0) is 17.4. The van der Waals surface area contributed by atoms with Crippen molar-refractivity contribution in [1.82, 2.24) is 10.6 Å². The molecule has 0 fully saturated rings. The topological polar surface area (TPSA) is 50.4 Å². The highest BCUT2D eigenvalue weighted by atomic mass is 19.1. The fraction of sp³-hybridized carbons (Fsp3) is 0.316. The Bertz CT molecular complexity index is 674. The molecule has 5 heteroatoms. The third-order valence-corrected chi connectivity index (χ3v) is 3.58. The molecule has 0 aromatic heterocycles. The summed E-state index contributed by atoms with van der Waals surface area (Å²) in [6, 6.07) is 13.9. The first-order chi connectivity index (χ1) is 11.6. The van der Waals surface area contributed by atoms with E-state index in [9.17, 15) is 9.18 Å².